The summed E-state index contributed by atoms with van der Waals surface area (Å²) in [4.78, 5) is 6.52. The van der Waals surface area contributed by atoms with Crippen LogP contribution in [0.4, 0.5) is 18.9 Å². The highest BCUT2D eigenvalue weighted by atomic mass is 19.4. The fraction of sp³-hybridized carbons (Fsp3) is 0.538. The van der Waals surface area contributed by atoms with Gasteiger partial charge in [0.05, 0.1) is 5.56 Å². The van der Waals surface area contributed by atoms with Crippen LogP contribution in [0.5, 0.6) is 0 Å². The zero-order valence-corrected chi connectivity index (χ0v) is 20.1. The lowest BCUT2D eigenvalue weighted by molar-refractivity contribution is -0.137. The molecule has 3 rings (SSSR count). The monoisotopic (exact) mass is 449 g/mol. The second kappa shape index (κ2) is 12.3. The number of alkyl halides is 3. The number of halogens is 3. The smallest absolute Gasteiger partial charge is 0.369 e. The molecule has 0 aliphatic carbocycles. The van der Waals surface area contributed by atoms with E-state index in [1.807, 2.05) is 11.9 Å². The number of rotatable bonds is 4. The molecule has 0 spiro atoms. The van der Waals surface area contributed by atoms with Crippen LogP contribution in [0, 0.1) is 5.92 Å². The van der Waals surface area contributed by atoms with Gasteiger partial charge in [-0.15, -0.1) is 0 Å². The molecule has 0 saturated carbocycles. The van der Waals surface area contributed by atoms with Gasteiger partial charge in [0.2, 0.25) is 0 Å². The van der Waals surface area contributed by atoms with Crippen LogP contribution in [0.3, 0.4) is 0 Å². The molecule has 1 aromatic carbocycles. The van der Waals surface area contributed by atoms with Crippen molar-refractivity contribution >= 4 is 5.69 Å². The van der Waals surface area contributed by atoms with E-state index in [4.69, 9.17) is 0 Å². The van der Waals surface area contributed by atoms with E-state index in [0.717, 1.165) is 38.8 Å². The molecule has 1 saturated heterocycles. The lowest BCUT2D eigenvalue weighted by Gasteiger charge is -2.34. The molecule has 178 valence electrons. The van der Waals surface area contributed by atoms with Crippen molar-refractivity contribution in [2.24, 2.45) is 5.92 Å². The number of hydrogen-bond donors (Lipinski definition) is 0. The topological polar surface area (TPSA) is 9.72 Å². The summed E-state index contributed by atoms with van der Waals surface area (Å²) in [5.41, 5.74) is 3.13. The highest BCUT2D eigenvalue weighted by Gasteiger charge is 2.31. The molecule has 0 N–H and O–H groups in total. The molecule has 3 nitrogen and oxygen atoms in total. The lowest BCUT2D eigenvalue weighted by atomic mass is 9.91. The van der Waals surface area contributed by atoms with Crippen LogP contribution in [0.1, 0.15) is 32.8 Å². The van der Waals surface area contributed by atoms with E-state index in [1.165, 1.54) is 30.7 Å². The number of piperazine rings is 1. The van der Waals surface area contributed by atoms with Crippen molar-refractivity contribution in [3.8, 4) is 0 Å². The first-order chi connectivity index (χ1) is 15.1. The maximum absolute atomic E-state index is 12.6. The molecule has 0 radical (unpaired) electrons. The van der Waals surface area contributed by atoms with Crippen LogP contribution in [0.15, 0.2) is 59.7 Å². The predicted octanol–water partition coefficient (Wildman–Crippen LogP) is 5.86. The molecule has 1 fully saturated rings. The summed E-state index contributed by atoms with van der Waals surface area (Å²) in [7, 11) is 4.20. The van der Waals surface area contributed by atoms with Gasteiger partial charge in [-0.1, -0.05) is 44.2 Å². The molecule has 0 aromatic heterocycles. The molecule has 6 heteroatoms. The van der Waals surface area contributed by atoms with E-state index >= 15 is 0 Å². The van der Waals surface area contributed by atoms with Crippen molar-refractivity contribution in [3.05, 3.63) is 65.3 Å². The second-order valence-corrected chi connectivity index (χ2v) is 8.88. The Hall–Kier alpha value is -2.05. The van der Waals surface area contributed by atoms with Crippen LogP contribution in [-0.4, -0.2) is 63.2 Å². The highest BCUT2D eigenvalue weighted by Crippen LogP contribution is 2.31. The Morgan fingerprint density at radius 3 is 2.22 bits per heavy atom. The molecule has 2 aliphatic rings. The first kappa shape index (κ1) is 26.2. The molecule has 2 heterocycles. The van der Waals surface area contributed by atoms with E-state index in [1.54, 1.807) is 11.6 Å². The van der Waals surface area contributed by atoms with Gasteiger partial charge in [0.1, 0.15) is 0 Å². The van der Waals surface area contributed by atoms with Crippen LogP contribution in [0.2, 0.25) is 0 Å². The first-order valence-electron chi connectivity index (χ1n) is 11.4. The zero-order chi connectivity index (χ0) is 23.7. The average Bonchev–Trinajstić information content (AvgIpc) is 2.75. The van der Waals surface area contributed by atoms with E-state index in [2.05, 4.69) is 61.9 Å². The largest absolute Gasteiger partial charge is 0.416 e. The predicted molar refractivity (Wildman–Crippen MR) is 129 cm³/mol. The van der Waals surface area contributed by atoms with Crippen LogP contribution < -0.4 is 4.90 Å². The van der Waals surface area contributed by atoms with Gasteiger partial charge in [0, 0.05) is 45.0 Å². The summed E-state index contributed by atoms with van der Waals surface area (Å²) in [6, 6.07) is 5.54. The Labute approximate surface area is 191 Å². The van der Waals surface area contributed by atoms with Crippen molar-refractivity contribution < 1.29 is 13.2 Å². The van der Waals surface area contributed by atoms with E-state index in [0.29, 0.717) is 11.6 Å². The van der Waals surface area contributed by atoms with E-state index in [-0.39, 0.29) is 0 Å². The maximum atomic E-state index is 12.6. The SMILES string of the molecule is C/C=C\C=C(\C1=CCN(C)CC1)C(C)C.CN1CCN(c2cccc(C(F)(F)F)c2)CC1. The Morgan fingerprint density at radius 2 is 1.69 bits per heavy atom. The van der Waals surface area contributed by atoms with Crippen LogP contribution in [-0.2, 0) is 6.18 Å². The van der Waals surface area contributed by atoms with Crippen LogP contribution in [0.25, 0.3) is 0 Å². The molecule has 1 aromatic rings. The summed E-state index contributed by atoms with van der Waals surface area (Å²) in [6.45, 7) is 12.2. The van der Waals surface area contributed by atoms with Gasteiger partial charge in [-0.3, -0.25) is 0 Å². The van der Waals surface area contributed by atoms with Gasteiger partial charge >= 0.3 is 6.18 Å². The molecule has 0 bridgehead atoms. The van der Waals surface area contributed by atoms with Crippen LogP contribution >= 0.6 is 0 Å². The van der Waals surface area contributed by atoms with Gasteiger partial charge in [0.25, 0.3) is 0 Å². The third-order valence-electron chi connectivity index (χ3n) is 5.92. The number of anilines is 1. The number of allylic oxidation sites excluding steroid dienone is 4. The summed E-state index contributed by atoms with van der Waals surface area (Å²) in [5, 5.41) is 0. The summed E-state index contributed by atoms with van der Waals surface area (Å²) in [5.74, 6) is 0.621. The molecule has 0 atom stereocenters. The Bertz CT molecular complexity index is 801. The Kier molecular flexibility index (Phi) is 10.0. The summed E-state index contributed by atoms with van der Waals surface area (Å²) >= 11 is 0. The summed E-state index contributed by atoms with van der Waals surface area (Å²) in [6.07, 6.45) is 5.81. The number of nitrogens with zero attached hydrogens (tertiary/aromatic N) is 3. The molecule has 0 unspecified atom stereocenters. The maximum Gasteiger partial charge on any atom is 0.416 e. The zero-order valence-electron chi connectivity index (χ0n) is 20.1. The Morgan fingerprint density at radius 1 is 1.00 bits per heavy atom. The normalized spacial score (nSPS) is 19.2. The third-order valence-corrected chi connectivity index (χ3v) is 5.92. The van der Waals surface area contributed by atoms with Gasteiger partial charge in [-0.25, -0.2) is 0 Å². The number of benzene rings is 1. The molecule has 0 amide bonds. The quantitative estimate of drug-likeness (QED) is 0.533. The fourth-order valence-corrected chi connectivity index (χ4v) is 3.85. The number of hydrogen-bond acceptors (Lipinski definition) is 3. The average molecular weight is 450 g/mol. The first-order valence-corrected chi connectivity index (χ1v) is 11.4. The third kappa shape index (κ3) is 8.14. The summed E-state index contributed by atoms with van der Waals surface area (Å²) < 4.78 is 37.7. The molecule has 32 heavy (non-hydrogen) atoms. The van der Waals surface area contributed by atoms with Crippen molar-refractivity contribution in [2.75, 3.05) is 58.3 Å². The minimum absolute atomic E-state index is 0.575. The minimum Gasteiger partial charge on any atom is -0.369 e. The van der Waals surface area contributed by atoms with Gasteiger partial charge in [-0.05, 0) is 62.7 Å². The van der Waals surface area contributed by atoms with Crippen molar-refractivity contribution in [2.45, 2.75) is 33.4 Å². The molecule has 2 aliphatic heterocycles. The minimum atomic E-state index is -4.26. The van der Waals surface area contributed by atoms with Gasteiger partial charge in [-0.2, -0.15) is 13.2 Å². The van der Waals surface area contributed by atoms with Crippen molar-refractivity contribution in [3.63, 3.8) is 0 Å². The highest BCUT2D eigenvalue weighted by molar-refractivity contribution is 5.49. The van der Waals surface area contributed by atoms with Gasteiger partial charge < -0.3 is 14.7 Å². The second-order valence-electron chi connectivity index (χ2n) is 8.88. The van der Waals surface area contributed by atoms with E-state index < -0.39 is 11.7 Å². The fourth-order valence-electron chi connectivity index (χ4n) is 3.85. The van der Waals surface area contributed by atoms with Crippen molar-refractivity contribution in [1.82, 2.24) is 9.80 Å². The van der Waals surface area contributed by atoms with Crippen molar-refractivity contribution in [1.29, 1.82) is 0 Å². The standard InChI is InChI=1S/C14H23N.C12H15F3N2/c1-5-6-7-14(12(2)3)13-8-10-15(4)11-9-13;1-16-5-7-17(8-6-16)11-4-2-3-10(9-11)12(13,14)15/h5-8,12H,9-11H2,1-4H3;2-4,9H,5-8H2,1H3/b6-5-,14-7+;. The number of likely N-dealkylation sites (N-methyl/N-ethyl adjacent to an activating group) is 2. The Balaban J connectivity index is 0.000000229. The molecular weight excluding hydrogens is 411 g/mol. The molecular formula is C26H38F3N3. The lowest BCUT2D eigenvalue weighted by Crippen LogP contribution is -2.44. The van der Waals surface area contributed by atoms with Gasteiger partial charge in [0.15, 0.2) is 0 Å². The van der Waals surface area contributed by atoms with E-state index in [9.17, 15) is 13.2 Å².